The Hall–Kier alpha value is -2.70. The fourth-order valence-corrected chi connectivity index (χ4v) is 5.40. The topological polar surface area (TPSA) is 20.3 Å². The van der Waals surface area contributed by atoms with E-state index in [1.165, 1.54) is 36.4 Å². The van der Waals surface area contributed by atoms with Crippen LogP contribution < -0.4 is 0 Å². The second-order valence-electron chi connectivity index (χ2n) is 8.24. The Labute approximate surface area is 195 Å². The first-order valence-electron chi connectivity index (χ1n) is 11.1. The minimum atomic E-state index is -1.25. The van der Waals surface area contributed by atoms with Crippen LogP contribution in [0.15, 0.2) is 88.7 Å². The van der Waals surface area contributed by atoms with Gasteiger partial charge in [0, 0.05) is 28.8 Å². The summed E-state index contributed by atoms with van der Waals surface area (Å²) in [5.41, 5.74) is 2.03. The van der Waals surface area contributed by atoms with Gasteiger partial charge in [-0.15, -0.1) is 0 Å². The van der Waals surface area contributed by atoms with E-state index in [9.17, 15) is 17.4 Å². The fourth-order valence-electron chi connectivity index (χ4n) is 4.21. The second kappa shape index (κ2) is 10.9. The third-order valence-electron chi connectivity index (χ3n) is 6.03. The quantitative estimate of drug-likeness (QED) is 0.380. The van der Waals surface area contributed by atoms with Crippen molar-refractivity contribution in [3.05, 3.63) is 112 Å². The van der Waals surface area contributed by atoms with Gasteiger partial charge in [-0.3, -0.25) is 4.90 Å². The predicted octanol–water partition coefficient (Wildman–Crippen LogP) is 6.41. The largest absolute Gasteiger partial charge is 0.299 e. The average molecular weight is 470 g/mol. The average Bonchev–Trinajstić information content (AvgIpc) is 2.84. The number of halogens is 3. The van der Waals surface area contributed by atoms with E-state index in [-0.39, 0.29) is 23.4 Å². The zero-order chi connectivity index (χ0) is 23.2. The Kier molecular flexibility index (Phi) is 7.78. The van der Waals surface area contributed by atoms with Gasteiger partial charge < -0.3 is 0 Å². The first kappa shape index (κ1) is 23.5. The highest BCUT2D eigenvalue weighted by Crippen LogP contribution is 2.30. The molecule has 1 heterocycles. The summed E-state index contributed by atoms with van der Waals surface area (Å²) in [5.74, 6) is -0.816. The molecule has 0 aromatic heterocycles. The lowest BCUT2D eigenvalue weighted by Crippen LogP contribution is -2.30. The van der Waals surface area contributed by atoms with E-state index in [0.29, 0.717) is 11.3 Å². The summed E-state index contributed by atoms with van der Waals surface area (Å²) in [4.78, 5) is 3.82. The van der Waals surface area contributed by atoms with E-state index < -0.39 is 10.8 Å². The van der Waals surface area contributed by atoms with Crippen LogP contribution in [0.5, 0.6) is 0 Å². The smallest absolute Gasteiger partial charge is 0.123 e. The Morgan fingerprint density at radius 3 is 1.79 bits per heavy atom. The van der Waals surface area contributed by atoms with Crippen LogP contribution in [0.1, 0.15) is 36.3 Å². The Bertz CT molecular complexity index is 1070. The number of rotatable bonds is 8. The van der Waals surface area contributed by atoms with Gasteiger partial charge in [-0.05, 0) is 85.5 Å². The molecule has 0 saturated heterocycles. The van der Waals surface area contributed by atoms with Crippen molar-refractivity contribution in [3.8, 4) is 0 Å². The third-order valence-corrected chi connectivity index (χ3v) is 7.58. The molecule has 0 radical (unpaired) electrons. The van der Waals surface area contributed by atoms with Crippen molar-refractivity contribution in [1.29, 1.82) is 0 Å². The van der Waals surface area contributed by atoms with E-state index in [2.05, 4.69) is 4.90 Å². The summed E-state index contributed by atoms with van der Waals surface area (Å²) in [7, 11) is -1.25. The highest BCUT2D eigenvalue weighted by atomic mass is 32.2. The van der Waals surface area contributed by atoms with Crippen LogP contribution in [-0.2, 0) is 10.8 Å². The molecule has 3 aromatic rings. The van der Waals surface area contributed by atoms with Crippen LogP contribution in [0, 0.1) is 17.5 Å². The van der Waals surface area contributed by atoms with Crippen molar-refractivity contribution in [2.45, 2.75) is 30.1 Å². The number of hydrogen-bond acceptors (Lipinski definition) is 2. The van der Waals surface area contributed by atoms with Crippen LogP contribution in [0.25, 0.3) is 0 Å². The van der Waals surface area contributed by atoms with Gasteiger partial charge in [0.15, 0.2) is 0 Å². The predicted molar refractivity (Wildman–Crippen MR) is 126 cm³/mol. The Morgan fingerprint density at radius 1 is 0.788 bits per heavy atom. The molecule has 1 aliphatic rings. The van der Waals surface area contributed by atoms with Gasteiger partial charge in [-0.1, -0.05) is 30.3 Å². The van der Waals surface area contributed by atoms with Gasteiger partial charge in [0.25, 0.3) is 0 Å². The molecule has 4 rings (SSSR count). The first-order chi connectivity index (χ1) is 16.0. The van der Waals surface area contributed by atoms with Crippen LogP contribution in [0.4, 0.5) is 13.2 Å². The monoisotopic (exact) mass is 469 g/mol. The molecular weight excluding hydrogens is 443 g/mol. The summed E-state index contributed by atoms with van der Waals surface area (Å²) in [6.07, 6.45) is 4.50. The van der Waals surface area contributed by atoms with Crippen molar-refractivity contribution in [3.63, 3.8) is 0 Å². The highest BCUT2D eigenvalue weighted by Gasteiger charge is 2.19. The molecule has 1 aliphatic heterocycles. The Morgan fingerprint density at radius 2 is 1.30 bits per heavy atom. The van der Waals surface area contributed by atoms with Crippen LogP contribution >= 0.6 is 0 Å². The molecule has 0 spiro atoms. The second-order valence-corrected chi connectivity index (χ2v) is 9.77. The maximum atomic E-state index is 13.4. The van der Waals surface area contributed by atoms with Crippen molar-refractivity contribution < 1.29 is 17.4 Å². The van der Waals surface area contributed by atoms with E-state index >= 15 is 0 Å². The van der Waals surface area contributed by atoms with Gasteiger partial charge in [-0.2, -0.15) is 0 Å². The molecule has 0 unspecified atom stereocenters. The molecule has 0 saturated carbocycles. The molecule has 3 aromatic carbocycles. The number of nitrogens with zero attached hydrogens (tertiary/aromatic N) is 1. The summed E-state index contributed by atoms with van der Waals surface area (Å²) < 4.78 is 52.7. The lowest BCUT2D eigenvalue weighted by atomic mass is 9.87. The molecule has 33 heavy (non-hydrogen) atoms. The van der Waals surface area contributed by atoms with Crippen LogP contribution in [0.3, 0.4) is 0 Å². The standard InChI is InChI=1S/C27H26F3NOS/c28-22-7-3-20(4-8-22)27(21-5-9-23(29)10-6-21)2-1-17-31-18-15-26(16-19-31)33(32)25-13-11-24(30)12-14-25/h3-15,27H,1-2,16-19H2/t33-/m1/s1. The van der Waals surface area contributed by atoms with Crippen molar-refractivity contribution in [2.75, 3.05) is 19.6 Å². The maximum Gasteiger partial charge on any atom is 0.123 e. The van der Waals surface area contributed by atoms with E-state index in [0.717, 1.165) is 48.5 Å². The van der Waals surface area contributed by atoms with Gasteiger partial charge in [0.05, 0.1) is 10.8 Å². The molecule has 0 bridgehead atoms. The summed E-state index contributed by atoms with van der Waals surface area (Å²) >= 11 is 0. The molecular formula is C27H26F3NOS. The van der Waals surface area contributed by atoms with Crippen molar-refractivity contribution >= 4 is 10.8 Å². The molecule has 1 atom stereocenters. The molecule has 0 aliphatic carbocycles. The van der Waals surface area contributed by atoms with Gasteiger partial charge >= 0.3 is 0 Å². The van der Waals surface area contributed by atoms with Crippen LogP contribution in [-0.4, -0.2) is 28.7 Å². The normalized spacial score (nSPS) is 15.5. The zero-order valence-corrected chi connectivity index (χ0v) is 19.0. The fraction of sp³-hybridized carbons (Fsp3) is 0.259. The minimum Gasteiger partial charge on any atom is -0.299 e. The SMILES string of the molecule is O=[S@@](C1=CCN(CCCC(c2ccc(F)cc2)c2ccc(F)cc2)CC1)c1ccc(F)cc1. The minimum absolute atomic E-state index is 0.0630. The van der Waals surface area contributed by atoms with Gasteiger partial charge in [-0.25, -0.2) is 17.4 Å². The number of benzene rings is 3. The maximum absolute atomic E-state index is 13.4. The summed E-state index contributed by atoms with van der Waals surface area (Å²) in [6.45, 7) is 2.42. The molecule has 0 fully saturated rings. The van der Waals surface area contributed by atoms with E-state index in [1.54, 1.807) is 36.4 Å². The summed E-state index contributed by atoms with van der Waals surface area (Å²) in [6, 6.07) is 18.8. The van der Waals surface area contributed by atoms with Crippen molar-refractivity contribution in [1.82, 2.24) is 4.90 Å². The molecule has 0 amide bonds. The number of hydrogen-bond donors (Lipinski definition) is 0. The van der Waals surface area contributed by atoms with E-state index in [1.807, 2.05) is 6.08 Å². The highest BCUT2D eigenvalue weighted by molar-refractivity contribution is 7.89. The Balaban J connectivity index is 1.35. The van der Waals surface area contributed by atoms with Gasteiger partial charge in [0.1, 0.15) is 17.5 Å². The first-order valence-corrected chi connectivity index (χ1v) is 12.2. The third kappa shape index (κ3) is 6.21. The van der Waals surface area contributed by atoms with Crippen molar-refractivity contribution in [2.24, 2.45) is 0 Å². The van der Waals surface area contributed by atoms with Gasteiger partial charge in [0.2, 0.25) is 0 Å². The molecule has 6 heteroatoms. The lowest BCUT2D eigenvalue weighted by molar-refractivity contribution is 0.288. The summed E-state index contributed by atoms with van der Waals surface area (Å²) in [5, 5.41) is 0. The van der Waals surface area contributed by atoms with E-state index in [4.69, 9.17) is 0 Å². The lowest BCUT2D eigenvalue weighted by Gasteiger charge is -2.27. The molecule has 0 N–H and O–H groups in total. The molecule has 2 nitrogen and oxygen atoms in total. The van der Waals surface area contributed by atoms with Crippen LogP contribution in [0.2, 0.25) is 0 Å². The zero-order valence-electron chi connectivity index (χ0n) is 18.2. The molecule has 172 valence electrons.